The number of alkyl carbamates (subject to hydrolysis) is 1. The molecule has 1 fully saturated rings. The van der Waals surface area contributed by atoms with Crippen molar-refractivity contribution in [1.82, 2.24) is 9.98 Å². The Kier molecular flexibility index (Phi) is 11.7. The number of nitrogens with zero attached hydrogens (tertiary/aromatic N) is 1. The van der Waals surface area contributed by atoms with Crippen LogP contribution in [0.5, 0.6) is 5.75 Å². The van der Waals surface area contributed by atoms with E-state index in [9.17, 15) is 34.8 Å². The zero-order valence-corrected chi connectivity index (χ0v) is 20.6. The molecule has 0 saturated carbocycles. The summed E-state index contributed by atoms with van der Waals surface area (Å²) in [6.07, 6.45) is -7.44. The van der Waals surface area contributed by atoms with Crippen LogP contribution in [0.3, 0.4) is 0 Å². The third-order valence-electron chi connectivity index (χ3n) is 5.24. The lowest BCUT2D eigenvalue weighted by molar-refractivity contribution is -0.277. The minimum absolute atomic E-state index is 0.0184. The first kappa shape index (κ1) is 29.9. The van der Waals surface area contributed by atoms with Crippen LogP contribution in [-0.2, 0) is 30.4 Å². The SMILES string of the molecule is C=[N+]=CC(=O)CC[C@H](NC(=O)OCc1ccc(O[C@@H]2O[C@H](CO)[C@@H](O)[C@H](O)C2O)cc1)C(=O)OC(C)C. The van der Waals surface area contributed by atoms with Gasteiger partial charge in [-0.25, -0.2) is 9.59 Å². The Bertz CT molecular complexity index is 960. The third-order valence-corrected chi connectivity index (χ3v) is 5.24. The largest absolute Gasteiger partial charge is 0.462 e. The Morgan fingerprint density at radius 1 is 1.14 bits per heavy atom. The van der Waals surface area contributed by atoms with Crippen molar-refractivity contribution in [2.75, 3.05) is 6.61 Å². The van der Waals surface area contributed by atoms with Crippen LogP contribution in [0.2, 0.25) is 0 Å². The summed E-state index contributed by atoms with van der Waals surface area (Å²) in [5.74, 6) is -0.830. The number of nitrogens with one attached hydrogen (secondary N) is 1. The Labute approximate surface area is 213 Å². The Morgan fingerprint density at radius 2 is 1.81 bits per heavy atom. The van der Waals surface area contributed by atoms with Gasteiger partial charge in [0.05, 0.1) is 12.7 Å². The van der Waals surface area contributed by atoms with Gasteiger partial charge in [-0.2, -0.15) is 0 Å². The number of carbonyl (C=O) groups excluding carboxylic acids is 3. The summed E-state index contributed by atoms with van der Waals surface area (Å²) in [4.78, 5) is 36.2. The molecule has 5 N–H and O–H groups in total. The number of aliphatic hydroxyl groups is 4. The van der Waals surface area contributed by atoms with Crippen molar-refractivity contribution in [2.24, 2.45) is 0 Å². The van der Waals surface area contributed by atoms with Gasteiger partial charge >= 0.3 is 18.3 Å². The van der Waals surface area contributed by atoms with Crippen molar-refractivity contribution < 1.29 is 53.8 Å². The molecule has 6 atom stereocenters. The number of benzene rings is 1. The van der Waals surface area contributed by atoms with E-state index in [0.29, 0.717) is 5.56 Å². The van der Waals surface area contributed by atoms with Gasteiger partial charge < -0.3 is 44.7 Å². The lowest BCUT2D eigenvalue weighted by Gasteiger charge is -2.39. The van der Waals surface area contributed by atoms with E-state index in [-0.39, 0.29) is 31.0 Å². The molecule has 1 aromatic carbocycles. The summed E-state index contributed by atoms with van der Waals surface area (Å²) in [5.41, 5.74) is 0.555. The van der Waals surface area contributed by atoms with Gasteiger partial charge in [-0.05, 0) is 38.0 Å². The molecule has 1 aromatic rings. The molecule has 1 amide bonds. The van der Waals surface area contributed by atoms with Crippen molar-refractivity contribution in [1.29, 1.82) is 0 Å². The predicted octanol–water partition coefficient (Wildman–Crippen LogP) is -1.40. The van der Waals surface area contributed by atoms with Gasteiger partial charge in [0.25, 0.3) is 6.72 Å². The third kappa shape index (κ3) is 9.25. The highest BCUT2D eigenvalue weighted by Crippen LogP contribution is 2.24. The first-order valence-electron chi connectivity index (χ1n) is 11.6. The van der Waals surface area contributed by atoms with Gasteiger partial charge in [0.15, 0.2) is 0 Å². The molecule has 1 unspecified atom stereocenters. The van der Waals surface area contributed by atoms with Crippen molar-refractivity contribution in [3.8, 4) is 5.75 Å². The Balaban J connectivity index is 1.91. The van der Waals surface area contributed by atoms with E-state index in [1.54, 1.807) is 26.0 Å². The molecule has 1 heterocycles. The molecular formula is C24H33N2O11+. The summed E-state index contributed by atoms with van der Waals surface area (Å²) in [6.45, 7) is 5.75. The van der Waals surface area contributed by atoms with Crippen molar-refractivity contribution in [3.05, 3.63) is 29.8 Å². The molecule has 204 valence electrons. The lowest BCUT2D eigenvalue weighted by Crippen LogP contribution is -2.60. The number of rotatable bonds is 12. The molecule has 1 aliphatic heterocycles. The fraction of sp³-hybridized carbons (Fsp3) is 0.542. The van der Waals surface area contributed by atoms with E-state index in [0.717, 1.165) is 6.21 Å². The number of amides is 1. The number of hydrogen-bond donors (Lipinski definition) is 5. The molecule has 0 aromatic heterocycles. The number of carbonyl (C=O) groups is 3. The number of Topliss-reactive ketones (excluding diaryl/α,β-unsaturated/α-hetero) is 1. The molecular weight excluding hydrogens is 492 g/mol. The number of ketones is 1. The monoisotopic (exact) mass is 525 g/mol. The van der Waals surface area contributed by atoms with Crippen LogP contribution in [0.25, 0.3) is 0 Å². The lowest BCUT2D eigenvalue weighted by atomic mass is 9.99. The maximum Gasteiger partial charge on any atom is 0.408 e. The average Bonchev–Trinajstić information content (AvgIpc) is 2.86. The van der Waals surface area contributed by atoms with Crippen LogP contribution in [0, 0.1) is 0 Å². The quantitative estimate of drug-likeness (QED) is 0.122. The summed E-state index contributed by atoms with van der Waals surface area (Å²) in [5, 5.41) is 41.4. The first-order valence-corrected chi connectivity index (χ1v) is 11.6. The molecule has 1 aliphatic rings. The van der Waals surface area contributed by atoms with E-state index in [1.165, 1.54) is 12.1 Å². The Morgan fingerprint density at radius 3 is 2.41 bits per heavy atom. The highest BCUT2D eigenvalue weighted by molar-refractivity contribution is 6.27. The second kappa shape index (κ2) is 14.4. The van der Waals surface area contributed by atoms with Crippen LogP contribution in [0.1, 0.15) is 32.3 Å². The summed E-state index contributed by atoms with van der Waals surface area (Å²) in [7, 11) is 0. The zero-order chi connectivity index (χ0) is 27.5. The normalized spacial score (nSPS) is 23.9. The highest BCUT2D eigenvalue weighted by Gasteiger charge is 2.44. The smallest absolute Gasteiger partial charge is 0.408 e. The van der Waals surface area contributed by atoms with Gasteiger partial charge in [-0.3, -0.25) is 4.79 Å². The summed E-state index contributed by atoms with van der Waals surface area (Å²) < 4.78 is 24.5. The molecule has 0 aliphatic carbocycles. The molecule has 0 spiro atoms. The minimum Gasteiger partial charge on any atom is -0.462 e. The van der Waals surface area contributed by atoms with Crippen molar-refractivity contribution >= 4 is 30.8 Å². The van der Waals surface area contributed by atoms with Gasteiger partial charge in [0, 0.05) is 6.42 Å². The van der Waals surface area contributed by atoms with Crippen LogP contribution in [-0.4, -0.2) is 101 Å². The predicted molar refractivity (Wildman–Crippen MR) is 129 cm³/mol. The second-order valence-corrected chi connectivity index (χ2v) is 8.53. The second-order valence-electron chi connectivity index (χ2n) is 8.53. The van der Waals surface area contributed by atoms with Crippen LogP contribution < -0.4 is 14.7 Å². The van der Waals surface area contributed by atoms with E-state index in [4.69, 9.17) is 18.9 Å². The number of aliphatic hydroxyl groups excluding tert-OH is 4. The van der Waals surface area contributed by atoms with Crippen LogP contribution in [0.4, 0.5) is 4.79 Å². The van der Waals surface area contributed by atoms with Crippen molar-refractivity contribution in [2.45, 2.75) is 76.1 Å². The molecule has 0 radical (unpaired) electrons. The molecule has 13 nitrogen and oxygen atoms in total. The van der Waals surface area contributed by atoms with Crippen molar-refractivity contribution in [3.63, 3.8) is 0 Å². The molecule has 13 heteroatoms. The first-order chi connectivity index (χ1) is 17.5. The summed E-state index contributed by atoms with van der Waals surface area (Å²) in [6, 6.07) is 5.01. The van der Waals surface area contributed by atoms with Gasteiger partial charge in [0.1, 0.15) is 42.8 Å². The minimum atomic E-state index is -1.57. The van der Waals surface area contributed by atoms with E-state index in [2.05, 4.69) is 16.7 Å². The Hall–Kier alpha value is -3.32. The highest BCUT2D eigenvalue weighted by atomic mass is 16.7. The molecule has 37 heavy (non-hydrogen) atoms. The van der Waals surface area contributed by atoms with E-state index in [1.807, 2.05) is 0 Å². The van der Waals surface area contributed by atoms with E-state index >= 15 is 0 Å². The van der Waals surface area contributed by atoms with Crippen LogP contribution >= 0.6 is 0 Å². The van der Waals surface area contributed by atoms with Gasteiger partial charge in [0.2, 0.25) is 12.1 Å². The topological polar surface area (TPSA) is 195 Å². The zero-order valence-electron chi connectivity index (χ0n) is 20.6. The van der Waals surface area contributed by atoms with Gasteiger partial charge in [-0.1, -0.05) is 12.1 Å². The number of ether oxygens (including phenoxy) is 4. The fourth-order valence-corrected chi connectivity index (χ4v) is 3.31. The van der Waals surface area contributed by atoms with E-state index < -0.39 is 61.5 Å². The summed E-state index contributed by atoms with van der Waals surface area (Å²) >= 11 is 0. The number of hydrogen-bond acceptors (Lipinski definition) is 11. The molecule has 2 rings (SSSR count). The standard InChI is InChI=1S/C24H32N2O11/c1-13(2)35-22(32)17(9-6-15(28)10-25-3)26-24(33)34-12-14-4-7-16(8-5-14)36-23-21(31)20(30)19(29)18(11-27)37-23/h4-5,7-8,10,13,17-21,23,27,29-31H,3,6,9,11-12H2,1-2H3/p+1/t17-,18+,19+,20-,21?,23+/m0/s1. The molecule has 1 saturated heterocycles. The molecule has 0 bridgehead atoms. The maximum atomic E-state index is 12.3. The fourth-order valence-electron chi connectivity index (χ4n) is 3.31. The van der Waals surface area contributed by atoms with Gasteiger partial charge in [-0.15, -0.1) is 4.67 Å². The average molecular weight is 526 g/mol. The maximum absolute atomic E-state index is 12.3. The van der Waals surface area contributed by atoms with Crippen LogP contribution in [0.15, 0.2) is 24.3 Å². The number of esters is 1.